The van der Waals surface area contributed by atoms with Crippen molar-refractivity contribution in [3.63, 3.8) is 0 Å². The minimum atomic E-state index is -0.570. The van der Waals surface area contributed by atoms with Gasteiger partial charge in [0, 0.05) is 19.2 Å². The van der Waals surface area contributed by atoms with Gasteiger partial charge in [-0.2, -0.15) is 0 Å². The number of hydrogen-bond acceptors (Lipinski definition) is 6. The fourth-order valence-corrected chi connectivity index (χ4v) is 1.45. The minimum absolute atomic E-state index is 0.120. The van der Waals surface area contributed by atoms with E-state index in [0.29, 0.717) is 12.1 Å². The van der Waals surface area contributed by atoms with E-state index in [1.165, 1.54) is 24.5 Å². The Morgan fingerprint density at radius 2 is 2.32 bits per heavy atom. The quantitative estimate of drug-likeness (QED) is 0.454. The van der Waals surface area contributed by atoms with E-state index in [1.54, 1.807) is 11.6 Å². The molecule has 2 aromatic rings. The lowest BCUT2D eigenvalue weighted by molar-refractivity contribution is -0.384. The Bertz CT molecular complexity index is 623. The number of nitro benzene ring substituents is 1. The first-order valence-electron chi connectivity index (χ1n) is 5.31. The Kier molecular flexibility index (Phi) is 3.51. The molecule has 0 amide bonds. The molecule has 0 aliphatic heterocycles. The summed E-state index contributed by atoms with van der Waals surface area (Å²) < 4.78 is 7.08. The van der Waals surface area contributed by atoms with Gasteiger partial charge in [-0.3, -0.25) is 14.9 Å². The van der Waals surface area contributed by atoms with E-state index < -0.39 is 4.92 Å². The molecule has 1 aromatic carbocycles. The topological polar surface area (TPSA) is 100 Å². The van der Waals surface area contributed by atoms with Crippen molar-refractivity contribution in [3.8, 4) is 5.75 Å². The summed E-state index contributed by atoms with van der Waals surface area (Å²) in [6.07, 6.45) is 2.04. The number of ether oxygens (including phenoxy) is 1. The van der Waals surface area contributed by atoms with Crippen LogP contribution in [0.3, 0.4) is 0 Å². The number of aldehydes is 1. The third-order valence-corrected chi connectivity index (χ3v) is 2.49. The summed E-state index contributed by atoms with van der Waals surface area (Å²) in [7, 11) is 1.76. The molecule has 0 bridgehead atoms. The molecule has 19 heavy (non-hydrogen) atoms. The highest BCUT2D eigenvalue weighted by Gasteiger charge is 2.12. The number of carbonyl (C=O) groups excluding carboxylic acids is 1. The lowest BCUT2D eigenvalue weighted by Gasteiger charge is -2.07. The molecular weight excluding hydrogens is 252 g/mol. The fourth-order valence-electron chi connectivity index (χ4n) is 1.45. The summed E-state index contributed by atoms with van der Waals surface area (Å²) in [4.78, 5) is 20.9. The first-order valence-corrected chi connectivity index (χ1v) is 5.31. The van der Waals surface area contributed by atoms with E-state index in [4.69, 9.17) is 4.74 Å². The number of aromatic nitrogens is 3. The highest BCUT2D eigenvalue weighted by molar-refractivity contribution is 5.80. The zero-order valence-electron chi connectivity index (χ0n) is 10.0. The maximum Gasteiger partial charge on any atom is 0.270 e. The maximum absolute atomic E-state index is 10.9. The summed E-state index contributed by atoms with van der Waals surface area (Å²) >= 11 is 0. The minimum Gasteiger partial charge on any atom is -0.485 e. The third-order valence-electron chi connectivity index (χ3n) is 2.49. The zero-order chi connectivity index (χ0) is 13.8. The Morgan fingerprint density at radius 1 is 1.53 bits per heavy atom. The Hall–Kier alpha value is -2.77. The van der Waals surface area contributed by atoms with Gasteiger partial charge in [-0.15, -0.1) is 10.2 Å². The van der Waals surface area contributed by atoms with Gasteiger partial charge < -0.3 is 9.30 Å². The molecule has 0 saturated carbocycles. The number of rotatable bonds is 5. The van der Waals surface area contributed by atoms with Crippen LogP contribution in [0.4, 0.5) is 5.69 Å². The molecule has 8 nitrogen and oxygen atoms in total. The van der Waals surface area contributed by atoms with Crippen molar-refractivity contribution in [2.45, 2.75) is 6.61 Å². The van der Waals surface area contributed by atoms with Crippen molar-refractivity contribution in [1.29, 1.82) is 0 Å². The predicted molar refractivity (Wildman–Crippen MR) is 63.8 cm³/mol. The molecule has 8 heteroatoms. The lowest BCUT2D eigenvalue weighted by Crippen LogP contribution is -2.04. The van der Waals surface area contributed by atoms with Gasteiger partial charge in [0.05, 0.1) is 10.5 Å². The van der Waals surface area contributed by atoms with Gasteiger partial charge >= 0.3 is 0 Å². The summed E-state index contributed by atoms with van der Waals surface area (Å²) in [5, 5.41) is 18.1. The second-order valence-corrected chi connectivity index (χ2v) is 3.74. The molecule has 0 radical (unpaired) electrons. The molecule has 0 spiro atoms. The van der Waals surface area contributed by atoms with Crippen LogP contribution in [-0.4, -0.2) is 26.0 Å². The summed E-state index contributed by atoms with van der Waals surface area (Å²) in [5.41, 5.74) is -0.0375. The molecule has 2 rings (SSSR count). The van der Waals surface area contributed by atoms with Gasteiger partial charge in [0.1, 0.15) is 18.7 Å². The zero-order valence-corrected chi connectivity index (χ0v) is 10.0. The SMILES string of the molecule is Cn1cnnc1COc1ccc([N+](=O)[O-])cc1C=O. The molecule has 0 atom stereocenters. The normalized spacial score (nSPS) is 10.2. The van der Waals surface area contributed by atoms with Gasteiger partial charge in [-0.05, 0) is 6.07 Å². The highest BCUT2D eigenvalue weighted by atomic mass is 16.6. The highest BCUT2D eigenvalue weighted by Crippen LogP contribution is 2.23. The molecule has 0 saturated heterocycles. The van der Waals surface area contributed by atoms with Crippen LogP contribution in [0.15, 0.2) is 24.5 Å². The van der Waals surface area contributed by atoms with E-state index in [0.717, 1.165) is 0 Å². The Labute approximate surface area is 107 Å². The first-order chi connectivity index (χ1) is 9.11. The van der Waals surface area contributed by atoms with Gasteiger partial charge in [0.15, 0.2) is 12.1 Å². The lowest BCUT2D eigenvalue weighted by atomic mass is 10.2. The molecule has 0 unspecified atom stereocenters. The van der Waals surface area contributed by atoms with Gasteiger partial charge in [0.2, 0.25) is 0 Å². The van der Waals surface area contributed by atoms with Crippen molar-refractivity contribution in [2.24, 2.45) is 7.05 Å². The number of benzene rings is 1. The Balaban J connectivity index is 2.18. The molecular formula is C11H10N4O4. The van der Waals surface area contributed by atoms with Crippen molar-refractivity contribution in [1.82, 2.24) is 14.8 Å². The van der Waals surface area contributed by atoms with E-state index in [9.17, 15) is 14.9 Å². The van der Waals surface area contributed by atoms with Crippen LogP contribution >= 0.6 is 0 Å². The molecule has 0 N–H and O–H groups in total. The average Bonchev–Trinajstić information content (AvgIpc) is 2.81. The van der Waals surface area contributed by atoms with Crippen LogP contribution in [0.5, 0.6) is 5.75 Å². The molecule has 0 aliphatic carbocycles. The van der Waals surface area contributed by atoms with Crippen LogP contribution in [0.25, 0.3) is 0 Å². The number of aryl methyl sites for hydroxylation is 1. The average molecular weight is 262 g/mol. The molecule has 0 fully saturated rings. The number of hydrogen-bond donors (Lipinski definition) is 0. The number of carbonyl (C=O) groups is 1. The van der Waals surface area contributed by atoms with Crippen LogP contribution in [-0.2, 0) is 13.7 Å². The standard InChI is InChI=1S/C11H10N4O4/c1-14-7-12-13-11(14)6-19-10-3-2-9(15(17)18)4-8(10)5-16/h2-5,7H,6H2,1H3. The number of non-ortho nitro benzene ring substituents is 1. The monoisotopic (exact) mass is 262 g/mol. The largest absolute Gasteiger partial charge is 0.485 e. The summed E-state index contributed by atoms with van der Waals surface area (Å²) in [6.45, 7) is 0.120. The van der Waals surface area contributed by atoms with E-state index in [1.807, 2.05) is 0 Å². The fraction of sp³-hybridized carbons (Fsp3) is 0.182. The van der Waals surface area contributed by atoms with E-state index in [2.05, 4.69) is 10.2 Å². The third kappa shape index (κ3) is 2.73. The number of nitro groups is 1. The second kappa shape index (κ2) is 5.25. The van der Waals surface area contributed by atoms with Crippen molar-refractivity contribution >= 4 is 12.0 Å². The first kappa shape index (κ1) is 12.7. The van der Waals surface area contributed by atoms with Crippen molar-refractivity contribution in [3.05, 3.63) is 46.0 Å². The van der Waals surface area contributed by atoms with Gasteiger partial charge in [-0.25, -0.2) is 0 Å². The Morgan fingerprint density at radius 3 is 2.89 bits per heavy atom. The second-order valence-electron chi connectivity index (χ2n) is 3.74. The molecule has 98 valence electrons. The van der Waals surface area contributed by atoms with E-state index >= 15 is 0 Å². The van der Waals surface area contributed by atoms with Crippen molar-refractivity contribution < 1.29 is 14.5 Å². The van der Waals surface area contributed by atoms with Crippen molar-refractivity contribution in [2.75, 3.05) is 0 Å². The van der Waals surface area contributed by atoms with Crippen LogP contribution in [0, 0.1) is 10.1 Å². The molecule has 0 aliphatic rings. The van der Waals surface area contributed by atoms with Crippen LogP contribution in [0.2, 0.25) is 0 Å². The van der Waals surface area contributed by atoms with Crippen LogP contribution < -0.4 is 4.74 Å². The number of nitrogens with zero attached hydrogens (tertiary/aromatic N) is 4. The van der Waals surface area contributed by atoms with Gasteiger partial charge in [0.25, 0.3) is 5.69 Å². The summed E-state index contributed by atoms with van der Waals surface area (Å²) in [6, 6.07) is 3.83. The molecule has 1 aromatic heterocycles. The van der Waals surface area contributed by atoms with E-state index in [-0.39, 0.29) is 23.6 Å². The maximum atomic E-state index is 10.9. The van der Waals surface area contributed by atoms with Gasteiger partial charge in [-0.1, -0.05) is 0 Å². The predicted octanol–water partition coefficient (Wildman–Crippen LogP) is 1.11. The van der Waals surface area contributed by atoms with Crippen LogP contribution in [0.1, 0.15) is 16.2 Å². The molecule has 1 heterocycles. The smallest absolute Gasteiger partial charge is 0.270 e. The summed E-state index contributed by atoms with van der Waals surface area (Å²) in [5.74, 6) is 0.846.